The minimum atomic E-state index is -4.17. The van der Waals surface area contributed by atoms with Crippen LogP contribution >= 0.6 is 0 Å². The number of benzene rings is 1. The number of halogens is 1. The highest BCUT2D eigenvalue weighted by atomic mass is 32.2. The fourth-order valence-electron chi connectivity index (χ4n) is 1.70. The van der Waals surface area contributed by atoms with Gasteiger partial charge in [0.2, 0.25) is 0 Å². The highest BCUT2D eigenvalue weighted by Gasteiger charge is 2.28. The van der Waals surface area contributed by atoms with Gasteiger partial charge in [-0.2, -0.15) is 8.42 Å². The largest absolute Gasteiger partial charge is 0.341 e. The molecule has 98 valence electrons. The number of carbonyl (C=O) groups is 1. The van der Waals surface area contributed by atoms with Gasteiger partial charge >= 0.3 is 16.1 Å². The molecule has 1 saturated heterocycles. The Labute approximate surface area is 104 Å². The minimum Gasteiger partial charge on any atom is -0.341 e. The van der Waals surface area contributed by atoms with E-state index in [1.807, 2.05) is 0 Å². The van der Waals surface area contributed by atoms with Crippen molar-refractivity contribution in [2.75, 3.05) is 6.54 Å². The Balaban J connectivity index is 2.11. The van der Waals surface area contributed by atoms with Crippen LogP contribution in [0, 0.1) is 5.82 Å². The second-order valence-corrected chi connectivity index (χ2v) is 5.51. The van der Waals surface area contributed by atoms with Crippen molar-refractivity contribution in [3.8, 4) is 0 Å². The summed E-state index contributed by atoms with van der Waals surface area (Å²) in [6.45, 7) is 0.663. The van der Waals surface area contributed by atoms with Gasteiger partial charge in [0.25, 0.3) is 0 Å². The monoisotopic (exact) mass is 273 g/mol. The van der Waals surface area contributed by atoms with Gasteiger partial charge in [-0.1, -0.05) is 0 Å². The van der Waals surface area contributed by atoms with Crippen molar-refractivity contribution in [2.24, 2.45) is 0 Å². The zero-order valence-electron chi connectivity index (χ0n) is 9.43. The van der Waals surface area contributed by atoms with Crippen molar-refractivity contribution in [2.45, 2.75) is 23.8 Å². The van der Waals surface area contributed by atoms with Crippen LogP contribution in [0.2, 0.25) is 0 Å². The molecule has 0 aliphatic carbocycles. The molecular weight excluding hydrogens is 261 g/mol. The van der Waals surface area contributed by atoms with E-state index in [4.69, 9.17) is 0 Å². The summed E-state index contributed by atoms with van der Waals surface area (Å²) < 4.78 is 40.6. The zero-order valence-corrected chi connectivity index (χ0v) is 10.2. The molecule has 1 N–H and O–H groups in total. The molecule has 0 aromatic heterocycles. The van der Waals surface area contributed by atoms with Gasteiger partial charge in [-0.3, -0.25) is 0 Å². The van der Waals surface area contributed by atoms with E-state index < -0.39 is 27.9 Å². The molecule has 1 fully saturated rings. The molecule has 0 amide bonds. The fourth-order valence-corrected chi connectivity index (χ4v) is 2.60. The molecule has 1 aliphatic heterocycles. The van der Waals surface area contributed by atoms with Crippen LogP contribution in [0.25, 0.3) is 0 Å². The Hall–Kier alpha value is -1.47. The Morgan fingerprint density at radius 1 is 1.33 bits per heavy atom. The van der Waals surface area contributed by atoms with Gasteiger partial charge in [0.05, 0.1) is 0 Å². The Bertz CT molecular complexity index is 535. The number of hydrogen-bond acceptors (Lipinski definition) is 5. The predicted octanol–water partition coefficient (Wildman–Crippen LogP) is 0.810. The quantitative estimate of drug-likeness (QED) is 0.825. The summed E-state index contributed by atoms with van der Waals surface area (Å²) in [5.74, 6) is -1.38. The summed E-state index contributed by atoms with van der Waals surface area (Å²) in [4.78, 5) is 11.3. The number of carbonyl (C=O) groups excluding carboxylic acids is 1. The summed E-state index contributed by atoms with van der Waals surface area (Å²) in [6, 6.07) is 3.52. The predicted molar refractivity (Wildman–Crippen MR) is 60.7 cm³/mol. The van der Waals surface area contributed by atoms with Gasteiger partial charge in [-0.25, -0.2) is 9.18 Å². The number of nitrogens with one attached hydrogen (secondary N) is 1. The molecule has 0 spiro atoms. The van der Waals surface area contributed by atoms with Crippen molar-refractivity contribution in [3.63, 3.8) is 0 Å². The van der Waals surface area contributed by atoms with Gasteiger partial charge in [0.15, 0.2) is 0 Å². The Morgan fingerprint density at radius 2 is 2.00 bits per heavy atom. The van der Waals surface area contributed by atoms with Crippen molar-refractivity contribution in [1.82, 2.24) is 5.32 Å². The van der Waals surface area contributed by atoms with E-state index in [1.54, 1.807) is 0 Å². The van der Waals surface area contributed by atoms with Gasteiger partial charge in [0.1, 0.15) is 16.8 Å². The van der Waals surface area contributed by atoms with E-state index in [9.17, 15) is 17.6 Å². The smallest absolute Gasteiger partial charge is 0.341 e. The van der Waals surface area contributed by atoms with Crippen LogP contribution in [0.5, 0.6) is 0 Å². The number of rotatable bonds is 3. The molecule has 1 aromatic rings. The fraction of sp³-hybridized carbons (Fsp3) is 0.364. The minimum absolute atomic E-state index is 0.241. The van der Waals surface area contributed by atoms with Crippen LogP contribution in [0.1, 0.15) is 12.8 Å². The molecule has 0 saturated carbocycles. The standard InChI is InChI=1S/C11H12FNO4S/c12-8-3-5-9(6-4-8)18(15,16)17-11(14)10-2-1-7-13-10/h3-6,10,13H,1-2,7H2/t10-/m0/s1. The first-order valence-corrected chi connectivity index (χ1v) is 6.87. The molecule has 0 unspecified atom stereocenters. The van der Waals surface area contributed by atoms with E-state index in [0.29, 0.717) is 13.0 Å². The second-order valence-electron chi connectivity index (χ2n) is 3.96. The molecule has 5 nitrogen and oxygen atoms in total. The lowest BCUT2D eigenvalue weighted by molar-refractivity contribution is -0.135. The molecule has 18 heavy (non-hydrogen) atoms. The molecule has 1 aliphatic rings. The van der Waals surface area contributed by atoms with Gasteiger partial charge in [-0.05, 0) is 43.7 Å². The van der Waals surface area contributed by atoms with Crippen molar-refractivity contribution in [1.29, 1.82) is 0 Å². The lowest BCUT2D eigenvalue weighted by Gasteiger charge is -2.10. The summed E-state index contributed by atoms with van der Waals surface area (Å²) in [7, 11) is -4.17. The second kappa shape index (κ2) is 5.03. The molecule has 0 bridgehead atoms. The van der Waals surface area contributed by atoms with Gasteiger partial charge < -0.3 is 9.50 Å². The van der Waals surface area contributed by atoms with E-state index in [-0.39, 0.29) is 4.90 Å². The normalized spacial score (nSPS) is 19.7. The highest BCUT2D eigenvalue weighted by Crippen LogP contribution is 2.15. The van der Waals surface area contributed by atoms with E-state index in [1.165, 1.54) is 0 Å². The van der Waals surface area contributed by atoms with Crippen LogP contribution < -0.4 is 5.32 Å². The molecule has 2 rings (SSSR count). The van der Waals surface area contributed by atoms with Crippen molar-refractivity contribution < 1.29 is 21.8 Å². The maximum Gasteiger partial charge on any atom is 0.341 e. The van der Waals surface area contributed by atoms with Gasteiger partial charge in [0, 0.05) is 0 Å². The van der Waals surface area contributed by atoms with Crippen molar-refractivity contribution >= 4 is 16.1 Å². The van der Waals surface area contributed by atoms with E-state index >= 15 is 0 Å². The summed E-state index contributed by atoms with van der Waals surface area (Å²) in [5.41, 5.74) is 0. The first-order chi connectivity index (χ1) is 8.49. The first kappa shape index (κ1) is 13.0. The lowest BCUT2D eigenvalue weighted by Crippen LogP contribution is -2.33. The maximum absolute atomic E-state index is 12.7. The first-order valence-electron chi connectivity index (χ1n) is 5.46. The Morgan fingerprint density at radius 3 is 2.56 bits per heavy atom. The molecule has 1 heterocycles. The summed E-state index contributed by atoms with van der Waals surface area (Å²) >= 11 is 0. The number of hydrogen-bond donors (Lipinski definition) is 1. The van der Waals surface area contributed by atoms with Crippen LogP contribution in [0.4, 0.5) is 4.39 Å². The topological polar surface area (TPSA) is 72.5 Å². The molecule has 7 heteroatoms. The third-order valence-corrected chi connectivity index (χ3v) is 3.87. The molecule has 1 aromatic carbocycles. The third-order valence-electron chi connectivity index (χ3n) is 2.64. The van der Waals surface area contributed by atoms with E-state index in [0.717, 1.165) is 30.7 Å². The molecular formula is C11H12FNO4S. The van der Waals surface area contributed by atoms with Gasteiger partial charge in [-0.15, -0.1) is 0 Å². The molecule has 0 radical (unpaired) electrons. The maximum atomic E-state index is 12.7. The average molecular weight is 273 g/mol. The van der Waals surface area contributed by atoms with Crippen LogP contribution in [0.3, 0.4) is 0 Å². The highest BCUT2D eigenvalue weighted by molar-refractivity contribution is 7.87. The SMILES string of the molecule is O=C(OS(=O)(=O)c1ccc(F)cc1)[C@@H]1CCCN1. The van der Waals surface area contributed by atoms with Crippen LogP contribution in [0.15, 0.2) is 29.2 Å². The molecule has 1 atom stereocenters. The van der Waals surface area contributed by atoms with E-state index in [2.05, 4.69) is 9.50 Å². The summed E-state index contributed by atoms with van der Waals surface area (Å²) in [6.07, 6.45) is 1.36. The van der Waals surface area contributed by atoms with Crippen LogP contribution in [-0.2, 0) is 19.1 Å². The zero-order chi connectivity index (χ0) is 13.2. The lowest BCUT2D eigenvalue weighted by atomic mass is 10.2. The Kier molecular flexibility index (Phi) is 3.63. The average Bonchev–Trinajstić information content (AvgIpc) is 2.82. The van der Waals surface area contributed by atoms with Crippen molar-refractivity contribution in [3.05, 3.63) is 30.1 Å². The van der Waals surface area contributed by atoms with Crippen LogP contribution in [-0.4, -0.2) is 27.0 Å². The third kappa shape index (κ3) is 2.85. The summed E-state index contributed by atoms with van der Waals surface area (Å²) in [5, 5.41) is 2.84.